The van der Waals surface area contributed by atoms with Crippen molar-refractivity contribution in [3.05, 3.63) is 59.7 Å². The number of rotatable bonds is 8. The van der Waals surface area contributed by atoms with Crippen LogP contribution in [0.15, 0.2) is 48.5 Å². The fourth-order valence-corrected chi connectivity index (χ4v) is 6.34. The zero-order valence-corrected chi connectivity index (χ0v) is 27.2. The van der Waals surface area contributed by atoms with Gasteiger partial charge in [-0.1, -0.05) is 56.5 Å². The van der Waals surface area contributed by atoms with E-state index in [0.717, 1.165) is 58.0 Å². The minimum atomic E-state index is -0.411. The lowest BCUT2D eigenvalue weighted by molar-refractivity contribution is -0.120. The third kappa shape index (κ3) is 9.78. The zero-order chi connectivity index (χ0) is 31.5. The van der Waals surface area contributed by atoms with E-state index in [1.54, 1.807) is 11.0 Å². The topological polar surface area (TPSA) is 91.3 Å². The number of carbonyl (C=O) groups excluding carboxylic acids is 2. The van der Waals surface area contributed by atoms with Crippen LogP contribution in [0.25, 0.3) is 0 Å². The number of ether oxygens (including phenoxy) is 2. The first kappa shape index (κ1) is 33.9. The van der Waals surface area contributed by atoms with Gasteiger partial charge in [0.1, 0.15) is 5.75 Å². The molecular formula is C36H53N3O5. The molecule has 2 aromatic carbocycles. The molecule has 0 spiro atoms. The molecule has 2 amide bonds. The number of nitrogens with one attached hydrogen (secondary N) is 1. The number of benzene rings is 2. The molecule has 2 aliphatic rings. The SMILES string of the molecule is C[C@@H]1CCCCO[C@H](CN(C)Cc2ccccc2)[C@@H](C)CN([C@H](C)CO)C(=O)c2cc(NC(=O)C3CCCCC3)ccc2O1. The van der Waals surface area contributed by atoms with Crippen molar-refractivity contribution in [1.82, 2.24) is 9.80 Å². The highest BCUT2D eigenvalue weighted by molar-refractivity contribution is 6.00. The molecule has 4 atom stereocenters. The summed E-state index contributed by atoms with van der Waals surface area (Å²) in [6, 6.07) is 15.4. The third-order valence-electron chi connectivity index (χ3n) is 9.08. The molecule has 4 rings (SSSR count). The summed E-state index contributed by atoms with van der Waals surface area (Å²) in [6.07, 6.45) is 7.66. The second-order valence-electron chi connectivity index (χ2n) is 13.0. The smallest absolute Gasteiger partial charge is 0.258 e. The number of carbonyl (C=O) groups is 2. The maximum atomic E-state index is 14.3. The molecule has 2 aromatic rings. The number of aliphatic hydroxyl groups is 1. The van der Waals surface area contributed by atoms with Gasteiger partial charge in [0, 0.05) is 43.8 Å². The number of aliphatic hydroxyl groups excluding tert-OH is 1. The Hall–Kier alpha value is -2.94. The third-order valence-corrected chi connectivity index (χ3v) is 9.08. The Morgan fingerprint density at radius 2 is 1.77 bits per heavy atom. The fourth-order valence-electron chi connectivity index (χ4n) is 6.34. The van der Waals surface area contributed by atoms with Crippen molar-refractivity contribution in [3.8, 4) is 5.75 Å². The summed E-state index contributed by atoms with van der Waals surface area (Å²) in [4.78, 5) is 31.4. The summed E-state index contributed by atoms with van der Waals surface area (Å²) < 4.78 is 12.8. The Balaban J connectivity index is 1.59. The summed E-state index contributed by atoms with van der Waals surface area (Å²) in [5.74, 6) is 0.317. The molecule has 0 aromatic heterocycles. The first-order valence-corrected chi connectivity index (χ1v) is 16.6. The molecule has 0 radical (unpaired) electrons. The van der Waals surface area contributed by atoms with Gasteiger partial charge in [-0.05, 0) is 76.8 Å². The molecule has 8 nitrogen and oxygen atoms in total. The number of nitrogens with zero attached hydrogens (tertiary/aromatic N) is 2. The predicted molar refractivity (Wildman–Crippen MR) is 175 cm³/mol. The number of hydrogen-bond acceptors (Lipinski definition) is 6. The Morgan fingerprint density at radius 3 is 2.50 bits per heavy atom. The summed E-state index contributed by atoms with van der Waals surface area (Å²) >= 11 is 0. The Morgan fingerprint density at radius 1 is 1.05 bits per heavy atom. The van der Waals surface area contributed by atoms with Gasteiger partial charge in [0.2, 0.25) is 5.91 Å². The van der Waals surface area contributed by atoms with Crippen LogP contribution in [0.5, 0.6) is 5.75 Å². The number of anilines is 1. The highest BCUT2D eigenvalue weighted by atomic mass is 16.5. The van der Waals surface area contributed by atoms with Gasteiger partial charge in [-0.15, -0.1) is 0 Å². The molecule has 1 fully saturated rings. The van der Waals surface area contributed by atoms with Gasteiger partial charge in [-0.25, -0.2) is 0 Å². The normalized spacial score (nSPS) is 23.4. The van der Waals surface area contributed by atoms with E-state index in [0.29, 0.717) is 30.2 Å². The van der Waals surface area contributed by atoms with Crippen LogP contribution in [-0.2, 0) is 16.1 Å². The molecular weight excluding hydrogens is 554 g/mol. The van der Waals surface area contributed by atoms with Crippen molar-refractivity contribution in [2.75, 3.05) is 38.7 Å². The van der Waals surface area contributed by atoms with Gasteiger partial charge in [0.05, 0.1) is 30.4 Å². The monoisotopic (exact) mass is 607 g/mol. The molecule has 2 N–H and O–H groups in total. The molecule has 1 heterocycles. The van der Waals surface area contributed by atoms with Gasteiger partial charge in [-0.3, -0.25) is 14.5 Å². The van der Waals surface area contributed by atoms with E-state index >= 15 is 0 Å². The van der Waals surface area contributed by atoms with E-state index in [1.807, 2.05) is 32.0 Å². The van der Waals surface area contributed by atoms with Gasteiger partial charge in [-0.2, -0.15) is 0 Å². The van der Waals surface area contributed by atoms with Crippen LogP contribution in [-0.4, -0.2) is 78.3 Å². The van der Waals surface area contributed by atoms with Crippen LogP contribution in [0.2, 0.25) is 0 Å². The maximum Gasteiger partial charge on any atom is 0.258 e. The van der Waals surface area contributed by atoms with E-state index in [4.69, 9.17) is 9.47 Å². The molecule has 1 saturated carbocycles. The van der Waals surface area contributed by atoms with Gasteiger partial charge >= 0.3 is 0 Å². The molecule has 1 aliphatic heterocycles. The van der Waals surface area contributed by atoms with Crippen molar-refractivity contribution in [2.45, 2.75) is 96.9 Å². The average molecular weight is 608 g/mol. The van der Waals surface area contributed by atoms with Crippen molar-refractivity contribution >= 4 is 17.5 Å². The minimum Gasteiger partial charge on any atom is -0.490 e. The molecule has 1 aliphatic carbocycles. The Bertz CT molecular complexity index is 1190. The van der Waals surface area contributed by atoms with Crippen molar-refractivity contribution < 1.29 is 24.2 Å². The summed E-state index contributed by atoms with van der Waals surface area (Å²) in [6.45, 7) is 8.43. The van der Waals surface area contributed by atoms with E-state index in [2.05, 4.69) is 48.5 Å². The second-order valence-corrected chi connectivity index (χ2v) is 13.0. The van der Waals surface area contributed by atoms with Gasteiger partial charge in [0.25, 0.3) is 5.91 Å². The highest BCUT2D eigenvalue weighted by Crippen LogP contribution is 2.30. The lowest BCUT2D eigenvalue weighted by Gasteiger charge is -2.36. The van der Waals surface area contributed by atoms with Crippen LogP contribution in [0.4, 0.5) is 5.69 Å². The van der Waals surface area contributed by atoms with E-state index in [1.165, 1.54) is 12.0 Å². The van der Waals surface area contributed by atoms with Crippen LogP contribution in [0.3, 0.4) is 0 Å². The van der Waals surface area contributed by atoms with Crippen LogP contribution in [0, 0.1) is 11.8 Å². The standard InChI is InChI=1S/C36H53N3O5/c1-26-22-39(27(2)25-40)36(42)32-21-31(37-35(41)30-16-9-6-10-17-30)18-19-33(32)44-28(3)13-11-12-20-43-34(26)24-38(4)23-29-14-7-5-8-15-29/h5,7-8,14-15,18-19,21,26-28,30,34,40H,6,9-13,16-17,20,22-25H2,1-4H3,(H,37,41)/t26-,27+,28+,34+/m0/s1. The van der Waals surface area contributed by atoms with Crippen molar-refractivity contribution in [2.24, 2.45) is 11.8 Å². The van der Waals surface area contributed by atoms with Crippen LogP contribution >= 0.6 is 0 Å². The molecule has 0 bridgehead atoms. The lowest BCUT2D eigenvalue weighted by atomic mass is 9.88. The number of hydrogen-bond donors (Lipinski definition) is 2. The first-order chi connectivity index (χ1) is 21.2. The average Bonchev–Trinajstić information content (AvgIpc) is 3.03. The zero-order valence-electron chi connectivity index (χ0n) is 27.2. The van der Waals surface area contributed by atoms with Gasteiger partial charge in [0.15, 0.2) is 0 Å². The van der Waals surface area contributed by atoms with Crippen LogP contribution in [0.1, 0.15) is 88.1 Å². The molecule has 0 unspecified atom stereocenters. The molecule has 242 valence electrons. The largest absolute Gasteiger partial charge is 0.490 e. The Kier molecular flexibility index (Phi) is 13.1. The summed E-state index contributed by atoms with van der Waals surface area (Å²) in [5.41, 5.74) is 2.24. The molecule has 8 heteroatoms. The number of fused-ring (bicyclic) bond motifs is 1. The fraction of sp³-hybridized carbons (Fsp3) is 0.611. The van der Waals surface area contributed by atoms with E-state index in [-0.39, 0.29) is 42.5 Å². The summed E-state index contributed by atoms with van der Waals surface area (Å²) in [5, 5.41) is 13.3. The number of likely N-dealkylation sites (N-methyl/N-ethyl adjacent to an activating group) is 1. The van der Waals surface area contributed by atoms with E-state index < -0.39 is 6.04 Å². The van der Waals surface area contributed by atoms with Gasteiger partial charge < -0.3 is 24.8 Å². The first-order valence-electron chi connectivity index (χ1n) is 16.6. The van der Waals surface area contributed by atoms with Crippen molar-refractivity contribution in [3.63, 3.8) is 0 Å². The van der Waals surface area contributed by atoms with Crippen LogP contribution < -0.4 is 10.1 Å². The highest BCUT2D eigenvalue weighted by Gasteiger charge is 2.31. The summed E-state index contributed by atoms with van der Waals surface area (Å²) in [7, 11) is 2.10. The van der Waals surface area contributed by atoms with E-state index in [9.17, 15) is 14.7 Å². The molecule has 0 saturated heterocycles. The van der Waals surface area contributed by atoms with Crippen molar-refractivity contribution in [1.29, 1.82) is 0 Å². The molecule has 44 heavy (non-hydrogen) atoms. The lowest BCUT2D eigenvalue weighted by Crippen LogP contribution is -2.47. The minimum absolute atomic E-state index is 0.00610. The predicted octanol–water partition coefficient (Wildman–Crippen LogP) is 6.13. The Labute approximate surface area is 264 Å². The second kappa shape index (κ2) is 16.9. The maximum absolute atomic E-state index is 14.3. The quantitative estimate of drug-likeness (QED) is 0.375. The number of amides is 2.